The minimum atomic E-state index is -0.341. The summed E-state index contributed by atoms with van der Waals surface area (Å²) in [5.41, 5.74) is 0.546. The Morgan fingerprint density at radius 2 is 1.88 bits per heavy atom. The number of benzene rings is 1. The van der Waals surface area contributed by atoms with E-state index in [1.54, 1.807) is 7.05 Å². The van der Waals surface area contributed by atoms with Crippen LogP contribution in [0.15, 0.2) is 29.3 Å². The molecular weight excluding hydrogens is 438 g/mol. The molecule has 0 aliphatic rings. The maximum absolute atomic E-state index is 12.8. The molecule has 25 heavy (non-hydrogen) atoms. The van der Waals surface area contributed by atoms with Crippen molar-refractivity contribution in [1.29, 1.82) is 0 Å². The molecule has 1 rings (SSSR count). The van der Waals surface area contributed by atoms with Crippen LogP contribution in [0.25, 0.3) is 0 Å². The topological polar surface area (TPSA) is 74.8 Å². The van der Waals surface area contributed by atoms with Crippen LogP contribution >= 0.6 is 24.0 Å². The zero-order chi connectivity index (χ0) is 17.8. The smallest absolute Gasteiger partial charge is 0.243 e. The number of ether oxygens (including phenoxy) is 1. The van der Waals surface area contributed by atoms with Crippen LogP contribution < -0.4 is 16.0 Å². The molecule has 0 heterocycles. The van der Waals surface area contributed by atoms with Crippen molar-refractivity contribution in [3.63, 3.8) is 0 Å². The van der Waals surface area contributed by atoms with E-state index in [0.717, 1.165) is 13.0 Å². The molecule has 0 spiro atoms. The second-order valence-electron chi connectivity index (χ2n) is 5.70. The predicted octanol–water partition coefficient (Wildman–Crippen LogP) is 2.61. The largest absolute Gasteiger partial charge is 0.380 e. The first-order chi connectivity index (χ1) is 11.5. The number of rotatable bonds is 9. The summed E-state index contributed by atoms with van der Waals surface area (Å²) in [5, 5.41) is 8.64. The van der Waals surface area contributed by atoms with Crippen molar-refractivity contribution in [2.75, 3.05) is 38.7 Å². The number of aliphatic imine (C=N–C) groups is 1. The van der Waals surface area contributed by atoms with Gasteiger partial charge in [-0.05, 0) is 36.6 Å². The number of amides is 1. The number of hydrogen-bond acceptors (Lipinski definition) is 3. The number of nitrogens with one attached hydrogen (secondary N) is 3. The molecule has 8 heteroatoms. The summed E-state index contributed by atoms with van der Waals surface area (Å²) < 4.78 is 18.3. The van der Waals surface area contributed by atoms with E-state index < -0.39 is 0 Å². The lowest BCUT2D eigenvalue weighted by molar-refractivity contribution is -0.115. The molecule has 0 aliphatic carbocycles. The third-order valence-electron chi connectivity index (χ3n) is 3.15. The average Bonchev–Trinajstić information content (AvgIpc) is 2.55. The summed E-state index contributed by atoms with van der Waals surface area (Å²) in [6, 6.07) is 5.61. The quantitative estimate of drug-likeness (QED) is 0.227. The van der Waals surface area contributed by atoms with Crippen molar-refractivity contribution < 1.29 is 13.9 Å². The Labute approximate surface area is 166 Å². The Bertz CT molecular complexity index is 524. The Morgan fingerprint density at radius 3 is 2.48 bits per heavy atom. The first-order valence-electron chi connectivity index (χ1n) is 8.09. The van der Waals surface area contributed by atoms with Crippen LogP contribution in [-0.4, -0.2) is 45.2 Å². The van der Waals surface area contributed by atoms with Crippen molar-refractivity contribution >= 4 is 41.5 Å². The highest BCUT2D eigenvalue weighted by Gasteiger charge is 2.04. The van der Waals surface area contributed by atoms with E-state index in [1.165, 1.54) is 24.3 Å². The molecule has 0 radical (unpaired) electrons. The van der Waals surface area contributed by atoms with Crippen molar-refractivity contribution in [1.82, 2.24) is 10.6 Å². The molecule has 0 aromatic heterocycles. The fraction of sp³-hybridized carbons (Fsp3) is 0.529. The summed E-state index contributed by atoms with van der Waals surface area (Å²) in [6.45, 7) is 6.30. The van der Waals surface area contributed by atoms with E-state index in [9.17, 15) is 9.18 Å². The van der Waals surface area contributed by atoms with Gasteiger partial charge in [0.25, 0.3) is 0 Å². The van der Waals surface area contributed by atoms with Crippen LogP contribution in [0.3, 0.4) is 0 Å². The minimum Gasteiger partial charge on any atom is -0.380 e. The third kappa shape index (κ3) is 11.7. The molecule has 6 nitrogen and oxygen atoms in total. The van der Waals surface area contributed by atoms with Gasteiger partial charge in [-0.25, -0.2) is 4.39 Å². The van der Waals surface area contributed by atoms with Crippen molar-refractivity contribution in [3.05, 3.63) is 30.1 Å². The third-order valence-corrected chi connectivity index (χ3v) is 3.15. The van der Waals surface area contributed by atoms with Gasteiger partial charge >= 0.3 is 0 Å². The van der Waals surface area contributed by atoms with E-state index >= 15 is 0 Å². The molecular formula is C17H28FIN4O2. The van der Waals surface area contributed by atoms with Gasteiger partial charge in [0, 0.05) is 25.9 Å². The number of nitrogens with zero attached hydrogens (tertiary/aromatic N) is 1. The molecule has 3 N–H and O–H groups in total. The van der Waals surface area contributed by atoms with Gasteiger partial charge in [0.05, 0.1) is 13.2 Å². The van der Waals surface area contributed by atoms with E-state index in [4.69, 9.17) is 4.74 Å². The first-order valence-corrected chi connectivity index (χ1v) is 8.09. The SMILES string of the molecule is CN=C(NCCOCCC(C)C)NCC(=O)Nc1ccc(F)cc1.I. The van der Waals surface area contributed by atoms with Crippen molar-refractivity contribution in [3.8, 4) is 0 Å². The van der Waals surface area contributed by atoms with Gasteiger partial charge in [0.2, 0.25) is 5.91 Å². The first kappa shape index (κ1) is 23.6. The summed E-state index contributed by atoms with van der Waals surface area (Å²) in [4.78, 5) is 15.9. The molecule has 142 valence electrons. The van der Waals surface area contributed by atoms with Crippen molar-refractivity contribution in [2.45, 2.75) is 20.3 Å². The monoisotopic (exact) mass is 466 g/mol. The van der Waals surface area contributed by atoms with E-state index in [1.807, 2.05) is 0 Å². The van der Waals surface area contributed by atoms with Crippen LogP contribution in [0.2, 0.25) is 0 Å². The lowest BCUT2D eigenvalue weighted by Crippen LogP contribution is -2.42. The molecule has 0 unspecified atom stereocenters. The second kappa shape index (κ2) is 13.8. The highest BCUT2D eigenvalue weighted by Crippen LogP contribution is 2.07. The zero-order valence-electron chi connectivity index (χ0n) is 15.0. The molecule has 1 aromatic carbocycles. The van der Waals surface area contributed by atoms with E-state index in [0.29, 0.717) is 30.7 Å². The standard InChI is InChI=1S/C17H27FN4O2.HI/c1-13(2)8-10-24-11-9-20-17(19-3)21-12-16(23)22-15-6-4-14(18)5-7-15;/h4-7,13H,8-12H2,1-3H3,(H,22,23)(H2,19,20,21);1H. The summed E-state index contributed by atoms with van der Waals surface area (Å²) in [7, 11) is 1.63. The van der Waals surface area contributed by atoms with Crippen LogP contribution in [-0.2, 0) is 9.53 Å². The van der Waals surface area contributed by atoms with Crippen molar-refractivity contribution in [2.24, 2.45) is 10.9 Å². The fourth-order valence-electron chi connectivity index (χ4n) is 1.79. The number of guanidine groups is 1. The predicted molar refractivity (Wildman–Crippen MR) is 110 cm³/mol. The van der Waals surface area contributed by atoms with Crippen LogP contribution in [0.1, 0.15) is 20.3 Å². The highest BCUT2D eigenvalue weighted by molar-refractivity contribution is 14.0. The Hall–Kier alpha value is -1.42. The zero-order valence-corrected chi connectivity index (χ0v) is 17.3. The Morgan fingerprint density at radius 1 is 1.20 bits per heavy atom. The van der Waals surface area contributed by atoms with Gasteiger partial charge in [0.1, 0.15) is 5.82 Å². The molecule has 0 saturated carbocycles. The highest BCUT2D eigenvalue weighted by atomic mass is 127. The van der Waals surface area contributed by atoms with Gasteiger partial charge in [-0.3, -0.25) is 9.79 Å². The molecule has 1 aromatic rings. The number of halogens is 2. The lowest BCUT2D eigenvalue weighted by atomic mass is 10.1. The van der Waals surface area contributed by atoms with Gasteiger partial charge in [-0.1, -0.05) is 13.8 Å². The maximum atomic E-state index is 12.8. The normalized spacial score (nSPS) is 11.0. The summed E-state index contributed by atoms with van der Waals surface area (Å²) in [5.74, 6) is 0.577. The fourth-order valence-corrected chi connectivity index (χ4v) is 1.79. The Balaban J connectivity index is 0.00000576. The summed E-state index contributed by atoms with van der Waals surface area (Å²) >= 11 is 0. The van der Waals surface area contributed by atoms with Gasteiger partial charge < -0.3 is 20.7 Å². The number of carbonyl (C=O) groups excluding carboxylic acids is 1. The van der Waals surface area contributed by atoms with Crippen LogP contribution in [0.5, 0.6) is 0 Å². The molecule has 0 fully saturated rings. The second-order valence-corrected chi connectivity index (χ2v) is 5.70. The van der Waals surface area contributed by atoms with Gasteiger partial charge in [-0.2, -0.15) is 0 Å². The molecule has 0 bridgehead atoms. The van der Waals surface area contributed by atoms with E-state index in [2.05, 4.69) is 34.8 Å². The molecule has 0 atom stereocenters. The number of hydrogen-bond donors (Lipinski definition) is 3. The average molecular weight is 466 g/mol. The molecule has 1 amide bonds. The van der Waals surface area contributed by atoms with Gasteiger partial charge in [-0.15, -0.1) is 24.0 Å². The minimum absolute atomic E-state index is 0. The number of carbonyl (C=O) groups is 1. The summed E-state index contributed by atoms with van der Waals surface area (Å²) in [6.07, 6.45) is 1.04. The van der Waals surface area contributed by atoms with E-state index in [-0.39, 0.29) is 42.2 Å². The van der Waals surface area contributed by atoms with Gasteiger partial charge in [0.15, 0.2) is 5.96 Å². The maximum Gasteiger partial charge on any atom is 0.243 e. The Kier molecular flexibility index (Phi) is 13.0. The lowest BCUT2D eigenvalue weighted by Gasteiger charge is -2.12. The molecule has 0 saturated heterocycles. The molecule has 0 aliphatic heterocycles. The van der Waals surface area contributed by atoms with Crippen LogP contribution in [0, 0.1) is 11.7 Å². The van der Waals surface area contributed by atoms with Crippen LogP contribution in [0.4, 0.5) is 10.1 Å². The number of anilines is 1.